The Morgan fingerprint density at radius 2 is 1.91 bits per heavy atom. The fraction of sp³-hybridized carbons (Fsp3) is 0.588. The van der Waals surface area contributed by atoms with Crippen molar-refractivity contribution in [3.8, 4) is 5.75 Å². The van der Waals surface area contributed by atoms with Crippen molar-refractivity contribution in [2.24, 2.45) is 0 Å². The van der Waals surface area contributed by atoms with Gasteiger partial charge in [0.2, 0.25) is 0 Å². The zero-order chi connectivity index (χ0) is 16.3. The molecular weight excluding hydrogens is 300 g/mol. The van der Waals surface area contributed by atoms with Crippen LogP contribution < -0.4 is 4.74 Å². The molecule has 0 aromatic heterocycles. The maximum absolute atomic E-state index is 12.9. The van der Waals surface area contributed by atoms with Gasteiger partial charge in [0.1, 0.15) is 5.75 Å². The van der Waals surface area contributed by atoms with Gasteiger partial charge in [-0.25, -0.2) is 0 Å². The van der Waals surface area contributed by atoms with Crippen molar-refractivity contribution in [1.82, 2.24) is 9.80 Å². The predicted molar refractivity (Wildman–Crippen MR) is 90.1 cm³/mol. The fourth-order valence-electron chi connectivity index (χ4n) is 2.75. The summed E-state index contributed by atoms with van der Waals surface area (Å²) in [6.07, 6.45) is 0. The lowest BCUT2D eigenvalue weighted by Gasteiger charge is -2.34. The molecule has 0 saturated carbocycles. The molecule has 1 aromatic carbocycles. The number of amides is 1. The van der Waals surface area contributed by atoms with Crippen molar-refractivity contribution >= 4 is 17.5 Å². The van der Waals surface area contributed by atoms with E-state index in [0.29, 0.717) is 22.3 Å². The maximum Gasteiger partial charge on any atom is 0.257 e. The lowest BCUT2D eigenvalue weighted by Crippen LogP contribution is -2.48. The van der Waals surface area contributed by atoms with Crippen LogP contribution in [0, 0.1) is 0 Å². The fourth-order valence-corrected chi connectivity index (χ4v) is 3.06. The number of ether oxygens (including phenoxy) is 1. The van der Waals surface area contributed by atoms with E-state index in [2.05, 4.69) is 25.7 Å². The Morgan fingerprint density at radius 3 is 2.41 bits per heavy atom. The zero-order valence-corrected chi connectivity index (χ0v) is 14.6. The first-order valence-electron chi connectivity index (χ1n) is 7.87. The third kappa shape index (κ3) is 3.55. The number of benzene rings is 1. The van der Waals surface area contributed by atoms with Crippen molar-refractivity contribution in [2.75, 3.05) is 39.8 Å². The third-order valence-corrected chi connectivity index (χ3v) is 4.55. The highest BCUT2D eigenvalue weighted by Crippen LogP contribution is 2.33. The number of carbonyl (C=O) groups excluding carboxylic acids is 1. The summed E-state index contributed by atoms with van der Waals surface area (Å²) in [6, 6.07) is 3.81. The second-order valence-electron chi connectivity index (χ2n) is 5.96. The molecule has 0 bridgehead atoms. The van der Waals surface area contributed by atoms with Gasteiger partial charge in [-0.05, 0) is 30.2 Å². The molecule has 0 unspecified atom stereocenters. The van der Waals surface area contributed by atoms with Crippen LogP contribution in [0.15, 0.2) is 12.1 Å². The average Bonchev–Trinajstić information content (AvgIpc) is 2.53. The first-order chi connectivity index (χ1) is 10.5. The van der Waals surface area contributed by atoms with Crippen LogP contribution in [0.2, 0.25) is 5.02 Å². The molecule has 4 nitrogen and oxygen atoms in total. The summed E-state index contributed by atoms with van der Waals surface area (Å²) in [5.41, 5.74) is 1.63. The molecule has 22 heavy (non-hydrogen) atoms. The van der Waals surface area contributed by atoms with Crippen LogP contribution in [-0.4, -0.2) is 55.5 Å². The van der Waals surface area contributed by atoms with Crippen molar-refractivity contribution in [1.29, 1.82) is 0 Å². The van der Waals surface area contributed by atoms with Gasteiger partial charge in [-0.1, -0.05) is 32.4 Å². The number of piperazine rings is 1. The molecule has 1 aliphatic rings. The summed E-state index contributed by atoms with van der Waals surface area (Å²) in [5, 5.41) is 0.504. The van der Waals surface area contributed by atoms with Crippen molar-refractivity contribution in [3.05, 3.63) is 28.3 Å². The van der Waals surface area contributed by atoms with Gasteiger partial charge >= 0.3 is 0 Å². The summed E-state index contributed by atoms with van der Waals surface area (Å²) < 4.78 is 5.38. The van der Waals surface area contributed by atoms with Gasteiger partial charge in [0, 0.05) is 26.2 Å². The summed E-state index contributed by atoms with van der Waals surface area (Å²) in [6.45, 7) is 10.7. The predicted octanol–water partition coefficient (Wildman–Crippen LogP) is 3.25. The number of hydrogen-bond donors (Lipinski definition) is 0. The van der Waals surface area contributed by atoms with E-state index in [1.165, 1.54) is 0 Å². The zero-order valence-electron chi connectivity index (χ0n) is 13.9. The van der Waals surface area contributed by atoms with E-state index in [1.807, 2.05) is 17.0 Å². The summed E-state index contributed by atoms with van der Waals surface area (Å²) >= 11 is 6.30. The number of carbonyl (C=O) groups is 1. The molecule has 0 N–H and O–H groups in total. The minimum Gasteiger partial charge on any atom is -0.494 e. The molecule has 0 radical (unpaired) electrons. The molecule has 1 aliphatic heterocycles. The highest BCUT2D eigenvalue weighted by molar-refractivity contribution is 6.32. The second-order valence-corrected chi connectivity index (χ2v) is 6.37. The van der Waals surface area contributed by atoms with Crippen LogP contribution in [0.1, 0.15) is 42.6 Å². The lowest BCUT2D eigenvalue weighted by atomic mass is 9.99. The first-order valence-corrected chi connectivity index (χ1v) is 8.24. The molecule has 1 saturated heterocycles. The topological polar surface area (TPSA) is 32.8 Å². The minimum absolute atomic E-state index is 0.0111. The standard InChI is InChI=1S/C17H25ClN2O2/c1-5-19-6-8-20(9-7-19)17(21)14-10-13(12(2)3)11-15(18)16(14)22-4/h10-12H,5-9H2,1-4H3. The third-order valence-electron chi connectivity index (χ3n) is 4.27. The van der Waals surface area contributed by atoms with Crippen molar-refractivity contribution in [3.63, 3.8) is 0 Å². The van der Waals surface area contributed by atoms with Gasteiger partial charge in [-0.2, -0.15) is 0 Å². The Labute approximate surface area is 138 Å². The number of hydrogen-bond acceptors (Lipinski definition) is 3. The first kappa shape index (κ1) is 17.1. The van der Waals surface area contributed by atoms with Crippen LogP contribution in [-0.2, 0) is 0 Å². The Kier molecular flexibility index (Phi) is 5.70. The highest BCUT2D eigenvalue weighted by atomic mass is 35.5. The molecule has 1 amide bonds. The lowest BCUT2D eigenvalue weighted by molar-refractivity contribution is 0.0640. The quantitative estimate of drug-likeness (QED) is 0.852. The van der Waals surface area contributed by atoms with Gasteiger partial charge in [0.05, 0.1) is 17.7 Å². The van der Waals surface area contributed by atoms with Gasteiger partial charge in [-0.15, -0.1) is 0 Å². The number of halogens is 1. The molecule has 1 aromatic rings. The van der Waals surface area contributed by atoms with Crippen molar-refractivity contribution < 1.29 is 9.53 Å². The molecule has 122 valence electrons. The van der Waals surface area contributed by atoms with E-state index in [1.54, 1.807) is 7.11 Å². The Bertz CT molecular complexity index is 538. The molecule has 5 heteroatoms. The normalized spacial score (nSPS) is 16.2. The average molecular weight is 325 g/mol. The Morgan fingerprint density at radius 1 is 1.27 bits per heavy atom. The van der Waals surface area contributed by atoms with Crippen LogP contribution in [0.5, 0.6) is 5.75 Å². The van der Waals surface area contributed by atoms with Gasteiger partial charge in [0.15, 0.2) is 0 Å². The molecule has 0 atom stereocenters. The van der Waals surface area contributed by atoms with Gasteiger partial charge in [0.25, 0.3) is 5.91 Å². The monoisotopic (exact) mass is 324 g/mol. The smallest absolute Gasteiger partial charge is 0.257 e. The van der Waals surface area contributed by atoms with E-state index in [-0.39, 0.29) is 5.91 Å². The van der Waals surface area contributed by atoms with Crippen molar-refractivity contribution in [2.45, 2.75) is 26.7 Å². The Balaban J connectivity index is 2.28. The van der Waals surface area contributed by atoms with E-state index in [4.69, 9.17) is 16.3 Å². The number of rotatable bonds is 4. The number of nitrogens with zero attached hydrogens (tertiary/aromatic N) is 2. The molecular formula is C17H25ClN2O2. The summed E-state index contributed by atoms with van der Waals surface area (Å²) in [5.74, 6) is 0.804. The van der Waals surface area contributed by atoms with Crippen LogP contribution in [0.3, 0.4) is 0 Å². The highest BCUT2D eigenvalue weighted by Gasteiger charge is 2.25. The second kappa shape index (κ2) is 7.34. The molecule has 1 heterocycles. The Hall–Kier alpha value is -1.26. The van der Waals surface area contributed by atoms with E-state index < -0.39 is 0 Å². The SMILES string of the molecule is CCN1CCN(C(=O)c2cc(C(C)C)cc(Cl)c2OC)CC1. The molecule has 0 aliphatic carbocycles. The number of methoxy groups -OCH3 is 1. The van der Waals surface area contributed by atoms with Crippen LogP contribution in [0.4, 0.5) is 0 Å². The minimum atomic E-state index is 0.0111. The van der Waals surface area contributed by atoms with Crippen LogP contribution in [0.25, 0.3) is 0 Å². The largest absolute Gasteiger partial charge is 0.494 e. The number of likely N-dealkylation sites (N-methyl/N-ethyl adjacent to an activating group) is 1. The maximum atomic E-state index is 12.9. The van der Waals surface area contributed by atoms with Crippen LogP contribution >= 0.6 is 11.6 Å². The molecule has 1 fully saturated rings. The van der Waals surface area contributed by atoms with E-state index in [9.17, 15) is 4.79 Å². The molecule has 0 spiro atoms. The summed E-state index contributed by atoms with van der Waals surface area (Å²) in [7, 11) is 1.56. The van der Waals surface area contributed by atoms with Gasteiger partial charge in [-0.3, -0.25) is 4.79 Å². The van der Waals surface area contributed by atoms with Gasteiger partial charge < -0.3 is 14.5 Å². The van der Waals surface area contributed by atoms with E-state index in [0.717, 1.165) is 38.3 Å². The molecule has 2 rings (SSSR count). The summed E-state index contributed by atoms with van der Waals surface area (Å²) in [4.78, 5) is 17.1. The van der Waals surface area contributed by atoms with E-state index >= 15 is 0 Å².